The summed E-state index contributed by atoms with van der Waals surface area (Å²) in [5, 5.41) is 9.06. The highest BCUT2D eigenvalue weighted by Crippen LogP contribution is 2.33. The molecule has 1 fully saturated rings. The van der Waals surface area contributed by atoms with E-state index in [1.807, 2.05) is 29.2 Å². The number of ether oxygens (including phenoxy) is 2. The van der Waals surface area contributed by atoms with Crippen LogP contribution in [-0.2, 0) is 0 Å². The SMILES string of the molecule is COc1cc2c(C(=O)N3CCCCC3)cn(-c3n[nH]c4ccccc34)c(=O)c2cc1OC. The molecule has 8 heteroatoms. The lowest BCUT2D eigenvalue weighted by molar-refractivity contribution is 0.0725. The minimum absolute atomic E-state index is 0.101. The van der Waals surface area contributed by atoms with Crippen LogP contribution in [0.15, 0.2) is 47.4 Å². The summed E-state index contributed by atoms with van der Waals surface area (Å²) < 4.78 is 12.3. The van der Waals surface area contributed by atoms with Crippen LogP contribution < -0.4 is 15.0 Å². The van der Waals surface area contributed by atoms with Gasteiger partial charge in [-0.05, 0) is 43.5 Å². The average molecular weight is 432 g/mol. The molecule has 1 aliphatic heterocycles. The Bertz CT molecular complexity index is 1380. The maximum absolute atomic E-state index is 13.6. The molecule has 164 valence electrons. The quantitative estimate of drug-likeness (QED) is 0.533. The van der Waals surface area contributed by atoms with E-state index in [0.29, 0.717) is 46.7 Å². The molecule has 0 unspecified atom stereocenters. The Morgan fingerprint density at radius 1 is 0.969 bits per heavy atom. The lowest BCUT2D eigenvalue weighted by atomic mass is 10.0. The van der Waals surface area contributed by atoms with Gasteiger partial charge in [0.1, 0.15) is 0 Å². The Hall–Kier alpha value is -3.81. The number of nitrogens with zero attached hydrogens (tertiary/aromatic N) is 3. The number of carbonyl (C=O) groups is 1. The van der Waals surface area contributed by atoms with E-state index in [2.05, 4.69) is 10.2 Å². The monoisotopic (exact) mass is 432 g/mol. The van der Waals surface area contributed by atoms with Gasteiger partial charge in [0.05, 0.1) is 30.7 Å². The van der Waals surface area contributed by atoms with E-state index in [9.17, 15) is 9.59 Å². The topological polar surface area (TPSA) is 89.5 Å². The summed E-state index contributed by atoms with van der Waals surface area (Å²) in [5.41, 5.74) is 0.966. The number of piperidine rings is 1. The summed E-state index contributed by atoms with van der Waals surface area (Å²) in [5.74, 6) is 1.25. The minimum Gasteiger partial charge on any atom is -0.493 e. The van der Waals surface area contributed by atoms with Crippen molar-refractivity contribution in [2.45, 2.75) is 19.3 Å². The van der Waals surface area contributed by atoms with Gasteiger partial charge in [-0.15, -0.1) is 0 Å². The number of fused-ring (bicyclic) bond motifs is 2. The predicted molar refractivity (Wildman–Crippen MR) is 122 cm³/mol. The molecule has 3 heterocycles. The second-order valence-electron chi connectivity index (χ2n) is 7.92. The van der Waals surface area contributed by atoms with Gasteiger partial charge in [-0.2, -0.15) is 5.10 Å². The number of hydrogen-bond donors (Lipinski definition) is 1. The third kappa shape index (κ3) is 3.19. The number of H-pyrrole nitrogens is 1. The zero-order valence-electron chi connectivity index (χ0n) is 18.1. The number of methoxy groups -OCH3 is 2. The van der Waals surface area contributed by atoms with Crippen LogP contribution >= 0.6 is 0 Å². The van der Waals surface area contributed by atoms with Gasteiger partial charge >= 0.3 is 0 Å². The zero-order chi connectivity index (χ0) is 22.2. The summed E-state index contributed by atoms with van der Waals surface area (Å²) in [7, 11) is 3.05. The highest BCUT2D eigenvalue weighted by molar-refractivity contribution is 6.07. The van der Waals surface area contributed by atoms with Gasteiger partial charge in [0.15, 0.2) is 17.3 Å². The minimum atomic E-state index is -0.284. The van der Waals surface area contributed by atoms with Gasteiger partial charge in [-0.3, -0.25) is 19.3 Å². The highest BCUT2D eigenvalue weighted by atomic mass is 16.5. The zero-order valence-corrected chi connectivity index (χ0v) is 18.1. The van der Waals surface area contributed by atoms with Gasteiger partial charge in [0, 0.05) is 30.1 Å². The Kier molecular flexibility index (Phi) is 5.05. The molecule has 2 aromatic heterocycles. The van der Waals surface area contributed by atoms with Crippen LogP contribution in [0.1, 0.15) is 29.6 Å². The van der Waals surface area contributed by atoms with E-state index in [4.69, 9.17) is 9.47 Å². The van der Waals surface area contributed by atoms with Crippen LogP contribution in [0.3, 0.4) is 0 Å². The third-order valence-corrected chi connectivity index (χ3v) is 6.07. The van der Waals surface area contributed by atoms with E-state index in [1.165, 1.54) is 18.8 Å². The highest BCUT2D eigenvalue weighted by Gasteiger charge is 2.24. The fourth-order valence-electron chi connectivity index (χ4n) is 4.39. The first-order valence-corrected chi connectivity index (χ1v) is 10.7. The van der Waals surface area contributed by atoms with E-state index in [1.54, 1.807) is 18.3 Å². The number of nitrogens with one attached hydrogen (secondary N) is 1. The first-order chi connectivity index (χ1) is 15.6. The Labute approximate surface area is 184 Å². The Morgan fingerprint density at radius 3 is 2.38 bits per heavy atom. The van der Waals surface area contributed by atoms with Crippen LogP contribution in [0.4, 0.5) is 0 Å². The number of pyridine rings is 1. The second kappa shape index (κ2) is 8.03. The molecule has 0 spiro atoms. The lowest BCUT2D eigenvalue weighted by Gasteiger charge is -2.27. The molecule has 2 aromatic carbocycles. The van der Waals surface area contributed by atoms with Crippen LogP contribution in [0.2, 0.25) is 0 Å². The second-order valence-corrected chi connectivity index (χ2v) is 7.92. The normalized spacial score (nSPS) is 14.1. The number of amides is 1. The molecule has 0 aliphatic carbocycles. The molecule has 0 saturated carbocycles. The van der Waals surface area contributed by atoms with Gasteiger partial charge < -0.3 is 14.4 Å². The van der Waals surface area contributed by atoms with Crippen molar-refractivity contribution < 1.29 is 14.3 Å². The first-order valence-electron chi connectivity index (χ1n) is 10.7. The summed E-state index contributed by atoms with van der Waals surface area (Å²) >= 11 is 0. The number of likely N-dealkylation sites (tertiary alicyclic amines) is 1. The number of para-hydroxylation sites is 1. The third-order valence-electron chi connectivity index (χ3n) is 6.07. The van der Waals surface area contributed by atoms with Crippen LogP contribution in [0, 0.1) is 0 Å². The Balaban J connectivity index is 1.81. The molecule has 5 rings (SSSR count). The number of rotatable bonds is 4. The summed E-state index contributed by atoms with van der Waals surface area (Å²) in [4.78, 5) is 29.0. The summed E-state index contributed by atoms with van der Waals surface area (Å²) in [6.07, 6.45) is 4.68. The molecule has 0 radical (unpaired) electrons. The first kappa shape index (κ1) is 20.1. The van der Waals surface area contributed by atoms with Crippen molar-refractivity contribution >= 4 is 27.6 Å². The number of aromatic amines is 1. The number of aromatic nitrogens is 3. The molecule has 0 bridgehead atoms. The molecule has 0 atom stereocenters. The fourth-order valence-corrected chi connectivity index (χ4v) is 4.39. The maximum atomic E-state index is 13.6. The lowest BCUT2D eigenvalue weighted by Crippen LogP contribution is -2.36. The van der Waals surface area contributed by atoms with E-state index in [0.717, 1.165) is 30.2 Å². The number of hydrogen-bond acceptors (Lipinski definition) is 5. The van der Waals surface area contributed by atoms with E-state index in [-0.39, 0.29) is 11.5 Å². The predicted octanol–water partition coefficient (Wildman–Crippen LogP) is 3.51. The molecular formula is C24H24N4O4. The molecular weight excluding hydrogens is 408 g/mol. The summed E-state index contributed by atoms with van der Waals surface area (Å²) in [6.45, 7) is 1.41. The van der Waals surface area contributed by atoms with Crippen molar-refractivity contribution in [3.8, 4) is 17.3 Å². The Morgan fingerprint density at radius 2 is 1.66 bits per heavy atom. The number of carbonyl (C=O) groups excluding carboxylic acids is 1. The van der Waals surface area contributed by atoms with E-state index >= 15 is 0 Å². The van der Waals surface area contributed by atoms with Crippen molar-refractivity contribution in [1.29, 1.82) is 0 Å². The molecule has 1 saturated heterocycles. The van der Waals surface area contributed by atoms with Crippen molar-refractivity contribution in [3.05, 3.63) is 58.5 Å². The van der Waals surface area contributed by atoms with Crippen LogP contribution in [-0.4, -0.2) is 52.9 Å². The fraction of sp³-hybridized carbons (Fsp3) is 0.292. The van der Waals surface area contributed by atoms with Crippen molar-refractivity contribution in [3.63, 3.8) is 0 Å². The average Bonchev–Trinajstić information content (AvgIpc) is 3.27. The molecule has 4 aromatic rings. The van der Waals surface area contributed by atoms with Crippen molar-refractivity contribution in [1.82, 2.24) is 19.7 Å². The van der Waals surface area contributed by atoms with Gasteiger partial charge in [0.2, 0.25) is 0 Å². The maximum Gasteiger partial charge on any atom is 0.264 e. The standard InChI is InChI=1S/C24H24N4O4/c1-31-20-12-16-17(13-21(20)32-2)24(30)28(22-15-8-4-5-9-19(15)25-26-22)14-18(16)23(29)27-10-6-3-7-11-27/h4-5,8-9,12-14H,3,6-7,10-11H2,1-2H3,(H,25,26). The van der Waals surface area contributed by atoms with E-state index < -0.39 is 0 Å². The molecule has 8 nitrogen and oxygen atoms in total. The van der Waals surface area contributed by atoms with Crippen molar-refractivity contribution in [2.24, 2.45) is 0 Å². The largest absolute Gasteiger partial charge is 0.493 e. The number of benzene rings is 2. The van der Waals surface area contributed by atoms with Crippen molar-refractivity contribution in [2.75, 3.05) is 27.3 Å². The smallest absolute Gasteiger partial charge is 0.264 e. The van der Waals surface area contributed by atoms with Crippen LogP contribution in [0.5, 0.6) is 11.5 Å². The molecule has 32 heavy (non-hydrogen) atoms. The molecule has 1 aliphatic rings. The molecule has 1 N–H and O–H groups in total. The van der Waals surface area contributed by atoms with Gasteiger partial charge in [-0.25, -0.2) is 0 Å². The van der Waals surface area contributed by atoms with Crippen LogP contribution in [0.25, 0.3) is 27.5 Å². The molecule has 1 amide bonds. The summed E-state index contributed by atoms with van der Waals surface area (Å²) in [6, 6.07) is 10.9. The van der Waals surface area contributed by atoms with Gasteiger partial charge in [-0.1, -0.05) is 12.1 Å². The van der Waals surface area contributed by atoms with Gasteiger partial charge in [0.25, 0.3) is 11.5 Å².